The van der Waals surface area contributed by atoms with E-state index in [0.29, 0.717) is 18.5 Å². The van der Waals surface area contributed by atoms with Crippen LogP contribution in [0.5, 0.6) is 0 Å². The first-order valence-corrected chi connectivity index (χ1v) is 9.46. The van der Waals surface area contributed by atoms with Crippen molar-refractivity contribution in [3.63, 3.8) is 0 Å². The molecule has 0 amide bonds. The van der Waals surface area contributed by atoms with Gasteiger partial charge in [0.2, 0.25) is 0 Å². The number of aliphatic hydroxyl groups is 1. The molecular weight excluding hydrogens is 358 g/mol. The third-order valence-corrected chi connectivity index (χ3v) is 5.82. The number of aromatic nitrogens is 1. The maximum absolute atomic E-state index is 13.3. The molecule has 0 atom stereocenters. The highest BCUT2D eigenvalue weighted by Crippen LogP contribution is 2.47. The van der Waals surface area contributed by atoms with E-state index in [1.165, 1.54) is 0 Å². The van der Waals surface area contributed by atoms with Crippen molar-refractivity contribution in [3.8, 4) is 11.1 Å². The van der Waals surface area contributed by atoms with E-state index in [1.807, 2.05) is 47.2 Å². The topological polar surface area (TPSA) is 96.6 Å². The molecule has 144 valence electrons. The van der Waals surface area contributed by atoms with Crippen LogP contribution in [0, 0.1) is 0 Å². The molecule has 2 heterocycles. The summed E-state index contributed by atoms with van der Waals surface area (Å²) in [5.41, 5.74) is 0.976. The van der Waals surface area contributed by atoms with Gasteiger partial charge in [0.1, 0.15) is 11.1 Å². The summed E-state index contributed by atoms with van der Waals surface area (Å²) < 4.78 is 1.83. The normalized spacial score (nSPS) is 17.8. The van der Waals surface area contributed by atoms with Crippen LogP contribution < -0.4 is 0 Å². The highest BCUT2D eigenvalue weighted by atomic mass is 16.4. The number of carboxylic acid groups (broad SMARTS) is 1. The number of carbonyl (C=O) groups is 3. The van der Waals surface area contributed by atoms with Gasteiger partial charge in [-0.25, -0.2) is 0 Å². The SMILES string of the molecule is O=C(O)CCC(=O)C1=C(O)c2c(-c3ccccc3)ccn2C2(CCCC2)C1=O. The average molecular weight is 379 g/mol. The molecule has 1 spiro atoms. The molecule has 1 aliphatic carbocycles. The van der Waals surface area contributed by atoms with Gasteiger partial charge in [0, 0.05) is 18.2 Å². The van der Waals surface area contributed by atoms with Crippen LogP contribution in [0.1, 0.15) is 44.2 Å². The van der Waals surface area contributed by atoms with Crippen LogP contribution in [0.25, 0.3) is 16.9 Å². The zero-order valence-electron chi connectivity index (χ0n) is 15.4. The molecule has 1 aromatic carbocycles. The zero-order valence-corrected chi connectivity index (χ0v) is 15.4. The standard InChI is InChI=1S/C22H21NO5/c24-16(8-9-17(25)26)18-20(27)19-15(14-6-2-1-3-7-14)10-13-23(19)22(21(18)28)11-4-5-12-22/h1-3,6-7,10,13,27H,4-5,8-9,11-12H2,(H,25,26). The Labute approximate surface area is 162 Å². The number of allylic oxidation sites excluding steroid dienone is 1. The third-order valence-electron chi connectivity index (χ3n) is 5.82. The minimum absolute atomic E-state index is 0.244. The Balaban J connectivity index is 1.90. The molecule has 2 N–H and O–H groups in total. The number of benzene rings is 1. The third kappa shape index (κ3) is 2.68. The molecule has 6 nitrogen and oxygen atoms in total. The number of hydrogen-bond donors (Lipinski definition) is 2. The molecule has 0 saturated heterocycles. The van der Waals surface area contributed by atoms with Gasteiger partial charge in [-0.3, -0.25) is 14.4 Å². The molecule has 2 aromatic rings. The van der Waals surface area contributed by atoms with E-state index in [1.54, 1.807) is 0 Å². The van der Waals surface area contributed by atoms with E-state index < -0.39 is 17.3 Å². The first-order chi connectivity index (χ1) is 13.5. The lowest BCUT2D eigenvalue weighted by Gasteiger charge is -2.36. The van der Waals surface area contributed by atoms with Crippen LogP contribution in [-0.2, 0) is 19.9 Å². The first-order valence-electron chi connectivity index (χ1n) is 9.46. The summed E-state index contributed by atoms with van der Waals surface area (Å²) in [4.78, 5) is 37.0. The maximum Gasteiger partial charge on any atom is 0.303 e. The van der Waals surface area contributed by atoms with Crippen molar-refractivity contribution in [1.29, 1.82) is 0 Å². The average Bonchev–Trinajstić information content (AvgIpc) is 3.34. The van der Waals surface area contributed by atoms with Gasteiger partial charge in [-0.15, -0.1) is 0 Å². The fourth-order valence-electron chi connectivity index (χ4n) is 4.48. The fourth-order valence-corrected chi connectivity index (χ4v) is 4.48. The summed E-state index contributed by atoms with van der Waals surface area (Å²) in [5, 5.41) is 19.9. The van der Waals surface area contributed by atoms with Crippen molar-refractivity contribution in [2.75, 3.05) is 0 Å². The van der Waals surface area contributed by atoms with Gasteiger partial charge < -0.3 is 14.8 Å². The molecule has 0 radical (unpaired) electrons. The monoisotopic (exact) mass is 379 g/mol. The molecule has 4 rings (SSSR count). The van der Waals surface area contributed by atoms with Gasteiger partial charge in [0.25, 0.3) is 0 Å². The highest BCUT2D eigenvalue weighted by molar-refractivity contribution is 6.28. The summed E-state index contributed by atoms with van der Waals surface area (Å²) in [7, 11) is 0. The molecule has 28 heavy (non-hydrogen) atoms. The molecule has 1 saturated carbocycles. The number of rotatable bonds is 5. The molecule has 6 heteroatoms. The van der Waals surface area contributed by atoms with Crippen molar-refractivity contribution in [1.82, 2.24) is 4.57 Å². The number of carbonyl (C=O) groups excluding carboxylic acids is 2. The summed E-state index contributed by atoms with van der Waals surface area (Å²) in [5.74, 6) is -2.45. The summed E-state index contributed by atoms with van der Waals surface area (Å²) >= 11 is 0. The molecule has 0 bridgehead atoms. The number of nitrogens with zero attached hydrogens (tertiary/aromatic N) is 1. The highest BCUT2D eigenvalue weighted by Gasteiger charge is 2.50. The van der Waals surface area contributed by atoms with Crippen LogP contribution >= 0.6 is 0 Å². The first kappa shape index (κ1) is 18.2. The minimum atomic E-state index is -1.11. The lowest BCUT2D eigenvalue weighted by molar-refractivity contribution is -0.138. The predicted octanol–water partition coefficient (Wildman–Crippen LogP) is 3.71. The largest absolute Gasteiger partial charge is 0.505 e. The van der Waals surface area contributed by atoms with Crippen molar-refractivity contribution in [2.45, 2.75) is 44.1 Å². The Hall–Kier alpha value is -3.15. The lowest BCUT2D eigenvalue weighted by atomic mass is 9.80. The number of aliphatic hydroxyl groups excluding tert-OH is 1. The second-order valence-corrected chi connectivity index (χ2v) is 7.42. The van der Waals surface area contributed by atoms with E-state index >= 15 is 0 Å². The van der Waals surface area contributed by atoms with Crippen molar-refractivity contribution < 1.29 is 24.6 Å². The van der Waals surface area contributed by atoms with Crippen LogP contribution in [0.4, 0.5) is 0 Å². The maximum atomic E-state index is 13.3. The number of ketones is 2. The van der Waals surface area contributed by atoms with Gasteiger partial charge in [0.05, 0.1) is 12.1 Å². The van der Waals surface area contributed by atoms with Crippen LogP contribution in [0.15, 0.2) is 48.2 Å². The Morgan fingerprint density at radius 3 is 2.36 bits per heavy atom. The molecule has 0 unspecified atom stereocenters. The Bertz CT molecular complexity index is 993. The van der Waals surface area contributed by atoms with Crippen LogP contribution in [-0.4, -0.2) is 32.3 Å². The quantitative estimate of drug-likeness (QED) is 0.772. The van der Waals surface area contributed by atoms with Crippen LogP contribution in [0.3, 0.4) is 0 Å². The van der Waals surface area contributed by atoms with Gasteiger partial charge >= 0.3 is 5.97 Å². The number of carboxylic acids is 1. The number of hydrogen-bond acceptors (Lipinski definition) is 4. The lowest BCUT2D eigenvalue weighted by Crippen LogP contribution is -2.45. The number of aliphatic carboxylic acids is 1. The van der Waals surface area contributed by atoms with E-state index in [9.17, 15) is 19.5 Å². The van der Waals surface area contributed by atoms with E-state index in [2.05, 4.69) is 0 Å². The summed E-state index contributed by atoms with van der Waals surface area (Å²) in [6.07, 6.45) is 4.06. The summed E-state index contributed by atoms with van der Waals surface area (Å²) in [6.45, 7) is 0. The van der Waals surface area contributed by atoms with Crippen molar-refractivity contribution >= 4 is 23.3 Å². The molecule has 2 aliphatic rings. The van der Waals surface area contributed by atoms with Crippen LogP contribution in [0.2, 0.25) is 0 Å². The Kier molecular flexibility index (Phi) is 4.41. The number of fused-ring (bicyclic) bond motifs is 2. The fraction of sp³-hybridized carbons (Fsp3) is 0.318. The van der Waals surface area contributed by atoms with Gasteiger partial charge in [0.15, 0.2) is 17.3 Å². The molecule has 1 aromatic heterocycles. The Morgan fingerprint density at radius 1 is 1.04 bits per heavy atom. The van der Waals surface area contributed by atoms with Gasteiger partial charge in [-0.2, -0.15) is 0 Å². The second kappa shape index (κ2) is 6.78. The minimum Gasteiger partial charge on any atom is -0.505 e. The molecular formula is C22H21NO5. The van der Waals surface area contributed by atoms with E-state index in [-0.39, 0.29) is 30.0 Å². The molecule has 1 aliphatic heterocycles. The van der Waals surface area contributed by atoms with E-state index in [0.717, 1.165) is 24.0 Å². The number of Topliss-reactive ketones (excluding diaryl/α,β-unsaturated/α-hetero) is 2. The zero-order chi connectivity index (χ0) is 19.9. The summed E-state index contributed by atoms with van der Waals surface area (Å²) in [6, 6.07) is 11.3. The Morgan fingerprint density at radius 2 is 1.71 bits per heavy atom. The van der Waals surface area contributed by atoms with E-state index in [4.69, 9.17) is 5.11 Å². The molecule has 1 fully saturated rings. The van der Waals surface area contributed by atoms with Gasteiger partial charge in [-0.1, -0.05) is 43.2 Å². The van der Waals surface area contributed by atoms with Crippen molar-refractivity contribution in [3.05, 3.63) is 53.9 Å². The van der Waals surface area contributed by atoms with Crippen molar-refractivity contribution in [2.24, 2.45) is 0 Å². The van der Waals surface area contributed by atoms with Gasteiger partial charge in [-0.05, 0) is 24.5 Å². The second-order valence-electron chi connectivity index (χ2n) is 7.42. The predicted molar refractivity (Wildman–Crippen MR) is 103 cm³/mol. The smallest absolute Gasteiger partial charge is 0.303 e.